The summed E-state index contributed by atoms with van der Waals surface area (Å²) in [7, 11) is 0. The SMILES string of the molecule is CCO[C@@H](C)c1nccn1CC(=O)N1CCC(C)CC1. The standard InChI is InChI=1S/C15H25N3O2/c1-4-20-13(3)15-16-7-10-18(15)11-14(19)17-8-5-12(2)6-9-17/h7,10,12-13H,4-6,8-9,11H2,1-3H3/t13-/m0/s1. The third kappa shape index (κ3) is 3.60. The molecule has 1 atom stereocenters. The normalized spacial score (nSPS) is 18.2. The lowest BCUT2D eigenvalue weighted by Crippen LogP contribution is -2.40. The lowest BCUT2D eigenvalue weighted by Gasteiger charge is -2.30. The van der Waals surface area contributed by atoms with E-state index in [9.17, 15) is 4.79 Å². The smallest absolute Gasteiger partial charge is 0.242 e. The van der Waals surface area contributed by atoms with Crippen molar-refractivity contribution < 1.29 is 9.53 Å². The van der Waals surface area contributed by atoms with Gasteiger partial charge >= 0.3 is 0 Å². The number of carbonyl (C=O) groups excluding carboxylic acids is 1. The Kier molecular flexibility index (Phi) is 5.17. The molecule has 0 aromatic carbocycles. The highest BCUT2D eigenvalue weighted by molar-refractivity contribution is 5.76. The molecule has 1 aliphatic rings. The molecule has 0 saturated carbocycles. The molecule has 0 N–H and O–H groups in total. The average Bonchev–Trinajstić information content (AvgIpc) is 2.88. The zero-order valence-corrected chi connectivity index (χ0v) is 12.7. The number of aromatic nitrogens is 2. The van der Waals surface area contributed by atoms with Crippen LogP contribution in [-0.2, 0) is 16.1 Å². The molecule has 1 saturated heterocycles. The van der Waals surface area contributed by atoms with Gasteiger partial charge in [-0.25, -0.2) is 4.98 Å². The molecule has 0 unspecified atom stereocenters. The Morgan fingerprint density at radius 2 is 2.20 bits per heavy atom. The van der Waals surface area contributed by atoms with Crippen LogP contribution in [0.1, 0.15) is 45.5 Å². The Labute approximate surface area is 120 Å². The quantitative estimate of drug-likeness (QED) is 0.830. The van der Waals surface area contributed by atoms with E-state index in [-0.39, 0.29) is 12.0 Å². The molecule has 1 amide bonds. The summed E-state index contributed by atoms with van der Waals surface area (Å²) >= 11 is 0. The summed E-state index contributed by atoms with van der Waals surface area (Å²) in [5.41, 5.74) is 0. The van der Waals surface area contributed by atoms with Crippen LogP contribution < -0.4 is 0 Å². The zero-order chi connectivity index (χ0) is 14.5. The predicted molar refractivity (Wildman–Crippen MR) is 77.2 cm³/mol. The lowest BCUT2D eigenvalue weighted by molar-refractivity contribution is -0.133. The van der Waals surface area contributed by atoms with E-state index in [0.717, 1.165) is 37.7 Å². The van der Waals surface area contributed by atoms with Crippen molar-refractivity contribution in [3.05, 3.63) is 18.2 Å². The van der Waals surface area contributed by atoms with E-state index in [2.05, 4.69) is 11.9 Å². The van der Waals surface area contributed by atoms with Crippen molar-refractivity contribution in [3.8, 4) is 0 Å². The van der Waals surface area contributed by atoms with Gasteiger partial charge in [-0.05, 0) is 32.6 Å². The Balaban J connectivity index is 1.96. The van der Waals surface area contributed by atoms with Gasteiger partial charge in [0.15, 0.2) is 0 Å². The van der Waals surface area contributed by atoms with Crippen LogP contribution in [0.15, 0.2) is 12.4 Å². The first kappa shape index (κ1) is 15.0. The van der Waals surface area contributed by atoms with Crippen LogP contribution in [-0.4, -0.2) is 40.1 Å². The van der Waals surface area contributed by atoms with Crippen LogP contribution in [0.4, 0.5) is 0 Å². The summed E-state index contributed by atoms with van der Waals surface area (Å²) in [6, 6.07) is 0. The van der Waals surface area contributed by atoms with Gasteiger partial charge < -0.3 is 14.2 Å². The number of hydrogen-bond donors (Lipinski definition) is 0. The Morgan fingerprint density at radius 1 is 1.50 bits per heavy atom. The van der Waals surface area contributed by atoms with Gasteiger partial charge in [-0.15, -0.1) is 0 Å². The number of carbonyl (C=O) groups is 1. The van der Waals surface area contributed by atoms with Crippen molar-refractivity contribution in [1.82, 2.24) is 14.5 Å². The van der Waals surface area contributed by atoms with E-state index in [1.165, 1.54) is 0 Å². The molecular weight excluding hydrogens is 254 g/mol. The lowest BCUT2D eigenvalue weighted by atomic mass is 9.99. The molecule has 0 aliphatic carbocycles. The van der Waals surface area contributed by atoms with Crippen LogP contribution in [0.5, 0.6) is 0 Å². The van der Waals surface area contributed by atoms with E-state index < -0.39 is 0 Å². The van der Waals surface area contributed by atoms with Crippen molar-refractivity contribution in [1.29, 1.82) is 0 Å². The number of ether oxygens (including phenoxy) is 1. The fraction of sp³-hybridized carbons (Fsp3) is 0.733. The first-order valence-corrected chi connectivity index (χ1v) is 7.52. The number of likely N-dealkylation sites (tertiary alicyclic amines) is 1. The first-order valence-electron chi connectivity index (χ1n) is 7.52. The monoisotopic (exact) mass is 279 g/mol. The molecule has 0 spiro atoms. The molecule has 1 aromatic rings. The van der Waals surface area contributed by atoms with Crippen LogP contribution in [0.2, 0.25) is 0 Å². The van der Waals surface area contributed by atoms with Gasteiger partial charge in [0, 0.05) is 32.1 Å². The second-order valence-electron chi connectivity index (χ2n) is 5.57. The summed E-state index contributed by atoms with van der Waals surface area (Å²) in [5, 5.41) is 0. The van der Waals surface area contributed by atoms with E-state index in [1.807, 2.05) is 29.5 Å². The van der Waals surface area contributed by atoms with Crippen molar-refractivity contribution in [2.24, 2.45) is 5.92 Å². The third-order valence-corrected chi connectivity index (χ3v) is 3.97. The number of imidazole rings is 1. The van der Waals surface area contributed by atoms with Gasteiger partial charge in [-0.2, -0.15) is 0 Å². The molecule has 1 aliphatic heterocycles. The van der Waals surface area contributed by atoms with Crippen LogP contribution in [0.3, 0.4) is 0 Å². The van der Waals surface area contributed by atoms with Gasteiger partial charge in [-0.3, -0.25) is 4.79 Å². The number of piperidine rings is 1. The number of rotatable bonds is 5. The zero-order valence-electron chi connectivity index (χ0n) is 12.7. The molecule has 1 aromatic heterocycles. The summed E-state index contributed by atoms with van der Waals surface area (Å²) in [5.74, 6) is 1.74. The fourth-order valence-electron chi connectivity index (χ4n) is 2.64. The fourth-order valence-corrected chi connectivity index (χ4v) is 2.64. The van der Waals surface area contributed by atoms with Crippen LogP contribution in [0.25, 0.3) is 0 Å². The third-order valence-electron chi connectivity index (χ3n) is 3.97. The molecule has 2 rings (SSSR count). The highest BCUT2D eigenvalue weighted by atomic mass is 16.5. The largest absolute Gasteiger partial charge is 0.371 e. The van der Waals surface area contributed by atoms with Crippen molar-refractivity contribution in [2.45, 2.75) is 46.3 Å². The molecule has 2 heterocycles. The van der Waals surface area contributed by atoms with Crippen LogP contribution >= 0.6 is 0 Å². The second-order valence-corrected chi connectivity index (χ2v) is 5.57. The maximum absolute atomic E-state index is 12.3. The van der Waals surface area contributed by atoms with Crippen molar-refractivity contribution in [3.63, 3.8) is 0 Å². The molecule has 112 valence electrons. The van der Waals surface area contributed by atoms with E-state index in [4.69, 9.17) is 4.74 Å². The number of amides is 1. The molecule has 0 radical (unpaired) electrons. The van der Waals surface area contributed by atoms with Crippen molar-refractivity contribution in [2.75, 3.05) is 19.7 Å². The van der Waals surface area contributed by atoms with E-state index >= 15 is 0 Å². The summed E-state index contributed by atoms with van der Waals surface area (Å²) in [4.78, 5) is 18.6. The first-order chi connectivity index (χ1) is 9.61. The predicted octanol–water partition coefficient (Wildman–Crippen LogP) is 2.24. The van der Waals surface area contributed by atoms with E-state index in [1.54, 1.807) is 6.20 Å². The maximum atomic E-state index is 12.3. The molecule has 0 bridgehead atoms. The van der Waals surface area contributed by atoms with Gasteiger partial charge in [0.25, 0.3) is 0 Å². The minimum Gasteiger partial charge on any atom is -0.371 e. The topological polar surface area (TPSA) is 47.4 Å². The minimum atomic E-state index is -0.0795. The van der Waals surface area contributed by atoms with Crippen molar-refractivity contribution >= 4 is 5.91 Å². The average molecular weight is 279 g/mol. The van der Waals surface area contributed by atoms with E-state index in [0.29, 0.717) is 13.2 Å². The summed E-state index contributed by atoms with van der Waals surface area (Å²) in [6.45, 7) is 8.95. The minimum absolute atomic E-state index is 0.0795. The van der Waals surface area contributed by atoms with Gasteiger partial charge in [0.2, 0.25) is 5.91 Å². The van der Waals surface area contributed by atoms with Gasteiger partial charge in [0.1, 0.15) is 18.5 Å². The molecular formula is C15H25N3O2. The molecule has 5 heteroatoms. The molecule has 5 nitrogen and oxygen atoms in total. The van der Waals surface area contributed by atoms with Gasteiger partial charge in [-0.1, -0.05) is 6.92 Å². The highest BCUT2D eigenvalue weighted by Crippen LogP contribution is 2.18. The highest BCUT2D eigenvalue weighted by Gasteiger charge is 2.21. The second kappa shape index (κ2) is 6.88. The molecule has 20 heavy (non-hydrogen) atoms. The summed E-state index contributed by atoms with van der Waals surface area (Å²) in [6.07, 6.45) is 5.73. The Morgan fingerprint density at radius 3 is 2.85 bits per heavy atom. The molecule has 1 fully saturated rings. The van der Waals surface area contributed by atoms with Gasteiger partial charge in [0.05, 0.1) is 0 Å². The Hall–Kier alpha value is -1.36. The van der Waals surface area contributed by atoms with Crippen LogP contribution in [0, 0.1) is 5.92 Å². The summed E-state index contributed by atoms with van der Waals surface area (Å²) < 4.78 is 7.46. The number of nitrogens with zero attached hydrogens (tertiary/aromatic N) is 3. The number of hydrogen-bond acceptors (Lipinski definition) is 3. The maximum Gasteiger partial charge on any atom is 0.242 e. The Bertz CT molecular complexity index is 436.